The summed E-state index contributed by atoms with van der Waals surface area (Å²) in [4.78, 5) is 23.7. The third-order valence-electron chi connectivity index (χ3n) is 6.68. The van der Waals surface area contributed by atoms with E-state index >= 15 is 0 Å². The highest BCUT2D eigenvalue weighted by atomic mass is 16.5. The summed E-state index contributed by atoms with van der Waals surface area (Å²) in [6.45, 7) is 5.03. The van der Waals surface area contributed by atoms with Crippen molar-refractivity contribution in [2.75, 3.05) is 13.2 Å². The van der Waals surface area contributed by atoms with Gasteiger partial charge in [0.25, 0.3) is 0 Å². The highest BCUT2D eigenvalue weighted by Crippen LogP contribution is 2.09. The van der Waals surface area contributed by atoms with Crippen molar-refractivity contribution >= 4 is 11.9 Å². The van der Waals surface area contributed by atoms with Gasteiger partial charge in [-0.25, -0.2) is 0 Å². The number of carbonyl (C=O) groups excluding carboxylic acids is 2. The number of allylic oxidation sites excluding steroid dienone is 10. The quantitative estimate of drug-likeness (QED) is 0.0510. The van der Waals surface area contributed by atoms with Crippen LogP contribution in [-0.2, 0) is 19.1 Å². The zero-order chi connectivity index (χ0) is 29.9. The third-order valence-corrected chi connectivity index (χ3v) is 6.68. The van der Waals surface area contributed by atoms with Gasteiger partial charge in [-0.15, -0.1) is 0 Å². The predicted molar refractivity (Wildman–Crippen MR) is 176 cm³/mol. The molecule has 0 radical (unpaired) electrons. The summed E-state index contributed by atoms with van der Waals surface area (Å²) in [6.07, 6.45) is 43.9. The van der Waals surface area contributed by atoms with Gasteiger partial charge in [0.1, 0.15) is 0 Å². The zero-order valence-corrected chi connectivity index (χ0v) is 26.7. The molecular weight excluding hydrogens is 508 g/mol. The van der Waals surface area contributed by atoms with E-state index < -0.39 is 0 Å². The van der Waals surface area contributed by atoms with Crippen molar-refractivity contribution in [3.05, 3.63) is 60.8 Å². The molecule has 4 nitrogen and oxygen atoms in total. The number of hydrogen-bond acceptors (Lipinski definition) is 4. The molecule has 0 aliphatic heterocycles. The van der Waals surface area contributed by atoms with Crippen LogP contribution in [0.4, 0.5) is 0 Å². The van der Waals surface area contributed by atoms with Gasteiger partial charge in [-0.05, 0) is 77.0 Å². The van der Waals surface area contributed by atoms with Crippen LogP contribution in [0.3, 0.4) is 0 Å². The molecule has 41 heavy (non-hydrogen) atoms. The number of carbonyl (C=O) groups is 2. The maximum absolute atomic E-state index is 11.9. The van der Waals surface area contributed by atoms with Crippen LogP contribution < -0.4 is 0 Å². The second kappa shape index (κ2) is 33.8. The lowest BCUT2D eigenvalue weighted by Crippen LogP contribution is -2.10. The molecule has 0 aliphatic rings. The second-order valence-corrected chi connectivity index (χ2v) is 10.7. The summed E-state index contributed by atoms with van der Waals surface area (Å²) in [5.41, 5.74) is 0. The molecule has 0 aliphatic carbocycles. The number of unbranched alkanes of at least 4 members (excludes halogenated alkanes) is 11. The molecule has 0 aromatic rings. The van der Waals surface area contributed by atoms with Crippen LogP contribution in [0.2, 0.25) is 0 Å². The van der Waals surface area contributed by atoms with Crippen molar-refractivity contribution in [3.63, 3.8) is 0 Å². The molecular formula is C37H62O4. The fourth-order valence-corrected chi connectivity index (χ4v) is 4.19. The van der Waals surface area contributed by atoms with Crippen LogP contribution in [0.15, 0.2) is 60.8 Å². The van der Waals surface area contributed by atoms with E-state index in [1.807, 2.05) is 0 Å². The highest BCUT2D eigenvalue weighted by molar-refractivity contribution is 5.69. The predicted octanol–water partition coefficient (Wildman–Crippen LogP) is 11.1. The summed E-state index contributed by atoms with van der Waals surface area (Å²) in [5, 5.41) is 0. The van der Waals surface area contributed by atoms with Crippen molar-refractivity contribution in [2.24, 2.45) is 0 Å². The van der Waals surface area contributed by atoms with E-state index in [0.717, 1.165) is 70.6 Å². The number of rotatable bonds is 29. The Labute approximate surface area is 253 Å². The van der Waals surface area contributed by atoms with E-state index in [1.165, 1.54) is 44.9 Å². The fourth-order valence-electron chi connectivity index (χ4n) is 4.19. The Balaban J connectivity index is 3.42. The smallest absolute Gasteiger partial charge is 0.305 e. The van der Waals surface area contributed by atoms with Crippen LogP contribution in [-0.4, -0.2) is 25.2 Å². The van der Waals surface area contributed by atoms with Crippen molar-refractivity contribution < 1.29 is 19.1 Å². The Morgan fingerprint density at radius 3 is 1.32 bits per heavy atom. The van der Waals surface area contributed by atoms with E-state index in [9.17, 15) is 9.59 Å². The van der Waals surface area contributed by atoms with Gasteiger partial charge in [-0.3, -0.25) is 9.59 Å². The molecule has 0 bridgehead atoms. The van der Waals surface area contributed by atoms with Gasteiger partial charge in [0.15, 0.2) is 0 Å². The van der Waals surface area contributed by atoms with Crippen LogP contribution in [0.1, 0.15) is 149 Å². The Morgan fingerprint density at radius 1 is 0.439 bits per heavy atom. The number of esters is 2. The number of hydrogen-bond donors (Lipinski definition) is 0. The Hall–Kier alpha value is -2.36. The molecule has 234 valence electrons. The first kappa shape index (κ1) is 38.6. The monoisotopic (exact) mass is 570 g/mol. The van der Waals surface area contributed by atoms with Gasteiger partial charge >= 0.3 is 11.9 Å². The molecule has 0 atom stereocenters. The minimum atomic E-state index is -0.153. The highest BCUT2D eigenvalue weighted by Gasteiger charge is 2.05. The third kappa shape index (κ3) is 33.7. The minimum Gasteiger partial charge on any atom is -0.466 e. The van der Waals surface area contributed by atoms with E-state index in [0.29, 0.717) is 32.5 Å². The molecule has 0 rings (SSSR count). The van der Waals surface area contributed by atoms with E-state index in [-0.39, 0.29) is 11.9 Å². The van der Waals surface area contributed by atoms with Gasteiger partial charge < -0.3 is 9.47 Å². The minimum absolute atomic E-state index is 0.142. The molecule has 0 amide bonds. The van der Waals surface area contributed by atoms with E-state index in [2.05, 4.69) is 74.6 Å². The lowest BCUT2D eigenvalue weighted by Gasteiger charge is -2.06. The van der Waals surface area contributed by atoms with Crippen LogP contribution in [0.25, 0.3) is 0 Å². The lowest BCUT2D eigenvalue weighted by atomic mass is 10.1. The van der Waals surface area contributed by atoms with Crippen molar-refractivity contribution in [3.8, 4) is 0 Å². The summed E-state index contributed by atoms with van der Waals surface area (Å²) >= 11 is 0. The normalized spacial score (nSPS) is 12.1. The van der Waals surface area contributed by atoms with Crippen LogP contribution in [0, 0.1) is 0 Å². The molecule has 0 spiro atoms. The van der Waals surface area contributed by atoms with Gasteiger partial charge in [-0.2, -0.15) is 0 Å². The van der Waals surface area contributed by atoms with E-state index in [1.54, 1.807) is 0 Å². The SMILES string of the molecule is CC/C=C\C/C=C\C/C=C\CCCCCC(=O)OCCCOC(=O)CCCCCCC/C=C\C/C=C\CCCCC. The molecule has 4 heteroatoms. The second-order valence-electron chi connectivity index (χ2n) is 10.7. The van der Waals surface area contributed by atoms with Gasteiger partial charge in [0.05, 0.1) is 13.2 Å². The summed E-state index contributed by atoms with van der Waals surface area (Å²) < 4.78 is 10.5. The topological polar surface area (TPSA) is 52.6 Å². The molecule has 0 aromatic carbocycles. The fraction of sp³-hybridized carbons (Fsp3) is 0.676. The average molecular weight is 571 g/mol. The van der Waals surface area contributed by atoms with Crippen molar-refractivity contribution in [2.45, 2.75) is 149 Å². The Bertz CT molecular complexity index is 729. The maximum Gasteiger partial charge on any atom is 0.305 e. The first-order valence-corrected chi connectivity index (χ1v) is 16.8. The number of ether oxygens (including phenoxy) is 2. The average Bonchev–Trinajstić information content (AvgIpc) is 2.97. The standard InChI is InChI=1S/C37H62O4/c1-3-5-7-9-11-13-15-17-18-20-22-24-26-28-30-33-37(39)41-35-31-34-40-36(38)32-29-27-25-23-21-19-16-14-12-10-8-6-4-2/h6,8,11-14,17-19,21H,3-5,7,9-10,15-16,20,22-35H2,1-2H3/b8-6-,13-11-,14-12-,18-17-,21-19-. The van der Waals surface area contributed by atoms with Gasteiger partial charge in [0, 0.05) is 19.3 Å². The Kier molecular flexibility index (Phi) is 31.9. The molecule has 0 saturated carbocycles. The summed E-state index contributed by atoms with van der Waals surface area (Å²) in [5.74, 6) is -0.296. The molecule has 0 N–H and O–H groups in total. The largest absolute Gasteiger partial charge is 0.466 e. The maximum atomic E-state index is 11.9. The molecule has 0 aromatic heterocycles. The first-order chi connectivity index (χ1) is 20.2. The van der Waals surface area contributed by atoms with Crippen molar-refractivity contribution in [1.29, 1.82) is 0 Å². The molecule has 0 heterocycles. The zero-order valence-electron chi connectivity index (χ0n) is 26.7. The van der Waals surface area contributed by atoms with Crippen LogP contribution in [0.5, 0.6) is 0 Å². The van der Waals surface area contributed by atoms with Gasteiger partial charge in [0.2, 0.25) is 0 Å². The van der Waals surface area contributed by atoms with E-state index in [4.69, 9.17) is 9.47 Å². The van der Waals surface area contributed by atoms with Gasteiger partial charge in [-0.1, -0.05) is 113 Å². The summed E-state index contributed by atoms with van der Waals surface area (Å²) in [7, 11) is 0. The lowest BCUT2D eigenvalue weighted by molar-refractivity contribution is -0.146. The Morgan fingerprint density at radius 2 is 0.829 bits per heavy atom. The summed E-state index contributed by atoms with van der Waals surface area (Å²) in [6, 6.07) is 0. The van der Waals surface area contributed by atoms with Crippen molar-refractivity contribution in [1.82, 2.24) is 0 Å². The van der Waals surface area contributed by atoms with Crippen LogP contribution >= 0.6 is 0 Å². The molecule has 0 fully saturated rings. The first-order valence-electron chi connectivity index (χ1n) is 16.8. The molecule has 0 unspecified atom stereocenters. The molecule has 0 saturated heterocycles.